The second-order valence-electron chi connectivity index (χ2n) is 8.42. The highest BCUT2D eigenvalue weighted by Gasteiger charge is 2.39. The number of guanidine groups is 1. The number of aliphatic imine (C=N–C) groups is 1. The van der Waals surface area contributed by atoms with Gasteiger partial charge < -0.3 is 15.5 Å². The molecule has 0 aromatic heterocycles. The van der Waals surface area contributed by atoms with Gasteiger partial charge in [0.05, 0.1) is 6.54 Å². The van der Waals surface area contributed by atoms with Gasteiger partial charge in [-0.3, -0.25) is 9.89 Å². The Morgan fingerprint density at radius 1 is 1.00 bits per heavy atom. The summed E-state index contributed by atoms with van der Waals surface area (Å²) < 4.78 is 0. The van der Waals surface area contributed by atoms with Crippen LogP contribution in [-0.4, -0.2) is 79.1 Å². The Kier molecular flexibility index (Phi) is 8.27. The Hall–Kier alpha value is -0.0800. The zero-order chi connectivity index (χ0) is 17.0. The molecule has 3 heterocycles. The molecule has 0 saturated carbocycles. The molecule has 0 radical (unpaired) electrons. The van der Waals surface area contributed by atoms with E-state index in [1.165, 1.54) is 71.1 Å². The monoisotopic (exact) mass is 463 g/mol. The zero-order valence-electron chi connectivity index (χ0n) is 16.3. The molecule has 2 N–H and O–H groups in total. The maximum atomic E-state index is 6.37. The Labute approximate surface area is 171 Å². The average molecular weight is 463 g/mol. The van der Waals surface area contributed by atoms with Gasteiger partial charge in [-0.1, -0.05) is 13.3 Å². The van der Waals surface area contributed by atoms with Crippen LogP contribution in [0.2, 0.25) is 0 Å². The second kappa shape index (κ2) is 9.74. The normalized spacial score (nSPS) is 27.1. The van der Waals surface area contributed by atoms with E-state index in [1.807, 2.05) is 0 Å². The summed E-state index contributed by atoms with van der Waals surface area (Å²) in [5, 5.41) is 0. The van der Waals surface area contributed by atoms with E-state index in [1.54, 1.807) is 0 Å². The SMILES string of the molecule is CC1CCN(C(N)=NCC2(N3CCCCC3)CCN(C)CC2)CC1.I. The van der Waals surface area contributed by atoms with Crippen molar-refractivity contribution in [1.82, 2.24) is 14.7 Å². The van der Waals surface area contributed by atoms with Crippen LogP contribution in [0, 0.1) is 5.92 Å². The Balaban J connectivity index is 0.00000225. The lowest BCUT2D eigenvalue weighted by molar-refractivity contribution is 0.0206. The van der Waals surface area contributed by atoms with Crippen molar-refractivity contribution in [3.63, 3.8) is 0 Å². The van der Waals surface area contributed by atoms with Gasteiger partial charge in [0.1, 0.15) is 0 Å². The Bertz CT molecular complexity index is 420. The predicted octanol–water partition coefficient (Wildman–Crippen LogP) is 2.60. The summed E-state index contributed by atoms with van der Waals surface area (Å²) in [5.74, 6) is 1.62. The number of nitrogens with zero attached hydrogens (tertiary/aromatic N) is 4. The van der Waals surface area contributed by atoms with Gasteiger partial charge in [-0.15, -0.1) is 24.0 Å². The van der Waals surface area contributed by atoms with E-state index in [0.717, 1.165) is 31.5 Å². The summed E-state index contributed by atoms with van der Waals surface area (Å²) in [4.78, 5) is 12.4. The van der Waals surface area contributed by atoms with Gasteiger partial charge in [0, 0.05) is 18.6 Å². The third kappa shape index (κ3) is 5.45. The van der Waals surface area contributed by atoms with Gasteiger partial charge in [-0.25, -0.2) is 0 Å². The van der Waals surface area contributed by atoms with E-state index in [0.29, 0.717) is 0 Å². The molecule has 0 bridgehead atoms. The molecule has 0 unspecified atom stereocenters. The summed E-state index contributed by atoms with van der Waals surface area (Å²) in [6.45, 7) is 10.3. The minimum atomic E-state index is 0. The van der Waals surface area contributed by atoms with Crippen LogP contribution in [0.15, 0.2) is 4.99 Å². The predicted molar refractivity (Wildman–Crippen MR) is 117 cm³/mol. The maximum Gasteiger partial charge on any atom is 0.191 e. The molecule has 0 spiro atoms. The molecule has 3 fully saturated rings. The van der Waals surface area contributed by atoms with E-state index in [4.69, 9.17) is 10.7 Å². The van der Waals surface area contributed by atoms with Gasteiger partial charge in [-0.05, 0) is 77.7 Å². The van der Waals surface area contributed by atoms with Gasteiger partial charge in [0.15, 0.2) is 5.96 Å². The van der Waals surface area contributed by atoms with Crippen molar-refractivity contribution in [2.75, 3.05) is 52.9 Å². The lowest BCUT2D eigenvalue weighted by Gasteiger charge is -2.49. The second-order valence-corrected chi connectivity index (χ2v) is 8.42. The van der Waals surface area contributed by atoms with E-state index < -0.39 is 0 Å². The minimum Gasteiger partial charge on any atom is -0.370 e. The zero-order valence-corrected chi connectivity index (χ0v) is 18.6. The van der Waals surface area contributed by atoms with Crippen molar-refractivity contribution in [3.8, 4) is 0 Å². The maximum absolute atomic E-state index is 6.37. The number of rotatable bonds is 3. The summed E-state index contributed by atoms with van der Waals surface area (Å²) in [6.07, 6.45) is 9.05. The highest BCUT2D eigenvalue weighted by atomic mass is 127. The number of hydrogen-bond acceptors (Lipinski definition) is 3. The van der Waals surface area contributed by atoms with Crippen LogP contribution in [0.4, 0.5) is 0 Å². The quantitative estimate of drug-likeness (QED) is 0.397. The van der Waals surface area contributed by atoms with Gasteiger partial charge in [0.2, 0.25) is 0 Å². The molecule has 6 heteroatoms. The largest absolute Gasteiger partial charge is 0.370 e. The van der Waals surface area contributed by atoms with E-state index in [2.05, 4.69) is 28.7 Å². The highest BCUT2D eigenvalue weighted by molar-refractivity contribution is 14.0. The van der Waals surface area contributed by atoms with E-state index in [9.17, 15) is 0 Å². The molecule has 0 amide bonds. The first-order chi connectivity index (χ1) is 11.6. The van der Waals surface area contributed by atoms with E-state index >= 15 is 0 Å². The molecule has 5 nitrogen and oxygen atoms in total. The first-order valence-corrected chi connectivity index (χ1v) is 10.1. The van der Waals surface area contributed by atoms with Crippen LogP contribution < -0.4 is 5.73 Å². The smallest absolute Gasteiger partial charge is 0.191 e. The third-order valence-electron chi connectivity index (χ3n) is 6.59. The molecule has 25 heavy (non-hydrogen) atoms. The van der Waals surface area contributed by atoms with Gasteiger partial charge in [0.25, 0.3) is 0 Å². The molecular weight excluding hydrogens is 425 g/mol. The molecule has 3 aliphatic rings. The van der Waals surface area contributed by atoms with Crippen LogP contribution in [-0.2, 0) is 0 Å². The fraction of sp³-hybridized carbons (Fsp3) is 0.947. The third-order valence-corrected chi connectivity index (χ3v) is 6.59. The van der Waals surface area contributed by atoms with Crippen LogP contribution in [0.1, 0.15) is 51.9 Å². The number of likely N-dealkylation sites (tertiary alicyclic amines) is 3. The van der Waals surface area contributed by atoms with Crippen molar-refractivity contribution in [3.05, 3.63) is 0 Å². The van der Waals surface area contributed by atoms with Crippen molar-refractivity contribution in [2.45, 2.75) is 57.4 Å². The number of piperidine rings is 3. The van der Waals surface area contributed by atoms with Gasteiger partial charge in [-0.2, -0.15) is 0 Å². The molecule has 3 rings (SSSR count). The highest BCUT2D eigenvalue weighted by Crippen LogP contribution is 2.31. The average Bonchev–Trinajstić information content (AvgIpc) is 2.63. The van der Waals surface area contributed by atoms with E-state index in [-0.39, 0.29) is 29.5 Å². The molecule has 3 saturated heterocycles. The molecule has 0 atom stereocenters. The molecule has 0 aliphatic carbocycles. The van der Waals surface area contributed by atoms with Crippen LogP contribution in [0.5, 0.6) is 0 Å². The van der Waals surface area contributed by atoms with Crippen molar-refractivity contribution in [1.29, 1.82) is 0 Å². The van der Waals surface area contributed by atoms with Gasteiger partial charge >= 0.3 is 0 Å². The summed E-state index contributed by atoms with van der Waals surface area (Å²) >= 11 is 0. The lowest BCUT2D eigenvalue weighted by Crippen LogP contribution is -2.58. The Morgan fingerprint density at radius 3 is 2.20 bits per heavy atom. The first-order valence-electron chi connectivity index (χ1n) is 10.1. The Morgan fingerprint density at radius 2 is 1.60 bits per heavy atom. The van der Waals surface area contributed by atoms with Crippen LogP contribution in [0.3, 0.4) is 0 Å². The molecular formula is C19H38IN5. The first kappa shape index (κ1) is 21.2. The lowest BCUT2D eigenvalue weighted by atomic mass is 9.84. The van der Waals surface area contributed by atoms with Crippen LogP contribution in [0.25, 0.3) is 0 Å². The van der Waals surface area contributed by atoms with Crippen LogP contribution >= 0.6 is 24.0 Å². The summed E-state index contributed by atoms with van der Waals surface area (Å²) in [6, 6.07) is 0. The topological polar surface area (TPSA) is 48.1 Å². The number of nitrogens with two attached hydrogens (primary N) is 1. The summed E-state index contributed by atoms with van der Waals surface area (Å²) in [7, 11) is 2.24. The summed E-state index contributed by atoms with van der Waals surface area (Å²) in [5.41, 5.74) is 6.62. The van der Waals surface area contributed by atoms with Crippen molar-refractivity contribution >= 4 is 29.9 Å². The number of hydrogen-bond donors (Lipinski definition) is 1. The fourth-order valence-electron chi connectivity index (χ4n) is 4.54. The van der Waals surface area contributed by atoms with Crippen molar-refractivity contribution < 1.29 is 0 Å². The molecule has 146 valence electrons. The molecule has 0 aromatic rings. The fourth-order valence-corrected chi connectivity index (χ4v) is 4.54. The minimum absolute atomic E-state index is 0. The number of halogens is 1. The molecule has 3 aliphatic heterocycles. The molecule has 0 aromatic carbocycles. The van der Waals surface area contributed by atoms with Crippen molar-refractivity contribution in [2.24, 2.45) is 16.6 Å². The standard InChI is InChI=1S/C19H37N5.HI/c1-17-6-12-23(13-7-17)18(20)21-16-19(8-14-22(2)15-9-19)24-10-4-3-5-11-24;/h17H,3-16H2,1-2H3,(H2,20,21);1H.